The third kappa shape index (κ3) is 2.97. The van der Waals surface area contributed by atoms with Crippen LogP contribution in [0.5, 0.6) is 5.75 Å². The second-order valence-corrected chi connectivity index (χ2v) is 6.48. The lowest BCUT2D eigenvalue weighted by atomic mass is 10.0. The van der Waals surface area contributed by atoms with Crippen molar-refractivity contribution in [1.82, 2.24) is 10.3 Å². The Morgan fingerprint density at radius 3 is 2.86 bits per heavy atom. The number of nitrogens with one attached hydrogen (secondary N) is 1. The molecule has 1 atom stereocenters. The minimum absolute atomic E-state index is 0.127. The molecule has 0 fully saturated rings. The average Bonchev–Trinajstić information content (AvgIpc) is 2.96. The normalized spacial score (nSPS) is 15.5. The van der Waals surface area contributed by atoms with Crippen molar-refractivity contribution in [1.29, 1.82) is 0 Å². The number of nitrogens with zero attached hydrogens (tertiary/aromatic N) is 1. The van der Waals surface area contributed by atoms with Crippen LogP contribution >= 0.6 is 11.3 Å². The van der Waals surface area contributed by atoms with E-state index in [9.17, 15) is 0 Å². The molecule has 21 heavy (non-hydrogen) atoms. The topological polar surface area (TPSA) is 34.2 Å². The highest BCUT2D eigenvalue weighted by Crippen LogP contribution is 2.35. The molecule has 0 bridgehead atoms. The first-order valence-electron chi connectivity index (χ1n) is 7.68. The van der Waals surface area contributed by atoms with E-state index in [1.807, 2.05) is 23.5 Å². The van der Waals surface area contributed by atoms with Crippen molar-refractivity contribution >= 4 is 11.3 Å². The van der Waals surface area contributed by atoms with E-state index >= 15 is 0 Å². The first kappa shape index (κ1) is 14.5. The van der Waals surface area contributed by atoms with Crippen molar-refractivity contribution < 1.29 is 4.74 Å². The zero-order valence-corrected chi connectivity index (χ0v) is 13.5. The molecule has 1 unspecified atom stereocenters. The Balaban J connectivity index is 1.99. The van der Waals surface area contributed by atoms with Gasteiger partial charge in [-0.2, -0.15) is 0 Å². The Bertz CT molecular complexity index is 585. The summed E-state index contributed by atoms with van der Waals surface area (Å²) in [5, 5.41) is 4.74. The lowest BCUT2D eigenvalue weighted by Crippen LogP contribution is -2.22. The van der Waals surface area contributed by atoms with E-state index in [-0.39, 0.29) is 6.04 Å². The van der Waals surface area contributed by atoms with Gasteiger partial charge in [-0.3, -0.25) is 0 Å². The summed E-state index contributed by atoms with van der Waals surface area (Å²) in [4.78, 5) is 6.40. The van der Waals surface area contributed by atoms with E-state index < -0.39 is 0 Å². The van der Waals surface area contributed by atoms with E-state index in [1.165, 1.54) is 40.4 Å². The van der Waals surface area contributed by atoms with Gasteiger partial charge in [0.15, 0.2) is 0 Å². The molecule has 0 aliphatic heterocycles. The van der Waals surface area contributed by atoms with Crippen LogP contribution in [-0.2, 0) is 12.8 Å². The lowest BCUT2D eigenvalue weighted by Gasteiger charge is -2.18. The summed E-state index contributed by atoms with van der Waals surface area (Å²) in [6.45, 7) is 3.04. The number of rotatable bonds is 5. The van der Waals surface area contributed by atoms with Gasteiger partial charge in [0.1, 0.15) is 10.8 Å². The van der Waals surface area contributed by atoms with Gasteiger partial charge in [0.2, 0.25) is 0 Å². The van der Waals surface area contributed by atoms with E-state index in [4.69, 9.17) is 9.72 Å². The van der Waals surface area contributed by atoms with Crippen molar-refractivity contribution in [2.75, 3.05) is 13.7 Å². The molecule has 112 valence electrons. The maximum absolute atomic E-state index is 5.53. The fourth-order valence-corrected chi connectivity index (χ4v) is 4.18. The molecule has 1 heterocycles. The maximum Gasteiger partial charge on any atom is 0.124 e. The Labute approximate surface area is 130 Å². The van der Waals surface area contributed by atoms with Crippen LogP contribution in [0, 0.1) is 0 Å². The van der Waals surface area contributed by atoms with Crippen LogP contribution in [0.25, 0.3) is 0 Å². The van der Waals surface area contributed by atoms with Gasteiger partial charge in [0.05, 0.1) is 18.8 Å². The molecule has 0 saturated carbocycles. The van der Waals surface area contributed by atoms with Crippen molar-refractivity contribution in [2.24, 2.45) is 0 Å². The standard InChI is InChI=1S/C17H22N2OS/c1-3-18-16(12-8-4-6-10-14(12)20-2)17-19-13-9-5-7-11-15(13)21-17/h4,6,8,10,16,18H,3,5,7,9,11H2,1-2H3. The molecule has 1 aliphatic rings. The van der Waals surface area contributed by atoms with Gasteiger partial charge in [0, 0.05) is 10.4 Å². The second-order valence-electron chi connectivity index (χ2n) is 5.36. The van der Waals surface area contributed by atoms with Crippen molar-refractivity contribution in [3.8, 4) is 5.75 Å². The summed E-state index contributed by atoms with van der Waals surface area (Å²) in [6.07, 6.45) is 4.90. The van der Waals surface area contributed by atoms with Crippen molar-refractivity contribution in [3.05, 3.63) is 45.4 Å². The first-order valence-corrected chi connectivity index (χ1v) is 8.50. The second kappa shape index (κ2) is 6.58. The molecule has 0 radical (unpaired) electrons. The minimum atomic E-state index is 0.127. The number of hydrogen-bond acceptors (Lipinski definition) is 4. The molecule has 1 N–H and O–H groups in total. The molecule has 4 heteroatoms. The van der Waals surface area contributed by atoms with Crippen LogP contribution in [-0.4, -0.2) is 18.6 Å². The summed E-state index contributed by atoms with van der Waals surface area (Å²) < 4.78 is 5.53. The Hall–Kier alpha value is -1.39. The quantitative estimate of drug-likeness (QED) is 0.914. The van der Waals surface area contributed by atoms with Crippen LogP contribution in [0.3, 0.4) is 0 Å². The fraction of sp³-hybridized carbons (Fsp3) is 0.471. The highest BCUT2D eigenvalue weighted by Gasteiger charge is 2.23. The van der Waals surface area contributed by atoms with Crippen LogP contribution in [0.4, 0.5) is 0 Å². The summed E-state index contributed by atoms with van der Waals surface area (Å²) >= 11 is 1.87. The van der Waals surface area contributed by atoms with Gasteiger partial charge in [0.25, 0.3) is 0 Å². The Kier molecular flexibility index (Phi) is 4.56. The molecule has 1 aromatic carbocycles. The molecular formula is C17H22N2OS. The predicted octanol–water partition coefficient (Wildman–Crippen LogP) is 3.73. The number of benzene rings is 1. The van der Waals surface area contributed by atoms with Crippen molar-refractivity contribution in [3.63, 3.8) is 0 Å². The summed E-state index contributed by atoms with van der Waals surface area (Å²) in [7, 11) is 1.73. The van der Waals surface area contributed by atoms with Crippen molar-refractivity contribution in [2.45, 2.75) is 38.6 Å². The number of aryl methyl sites for hydroxylation is 2. The number of ether oxygens (including phenoxy) is 1. The van der Waals surface area contributed by atoms with Crippen LogP contribution in [0.15, 0.2) is 24.3 Å². The van der Waals surface area contributed by atoms with Gasteiger partial charge in [-0.15, -0.1) is 11.3 Å². The third-order valence-corrected chi connectivity index (χ3v) is 5.19. The Morgan fingerprint density at radius 1 is 1.29 bits per heavy atom. The molecule has 1 aliphatic carbocycles. The Morgan fingerprint density at radius 2 is 2.10 bits per heavy atom. The van der Waals surface area contributed by atoms with Gasteiger partial charge in [-0.1, -0.05) is 25.1 Å². The molecule has 1 aromatic heterocycles. The molecular weight excluding hydrogens is 280 g/mol. The molecule has 2 aromatic rings. The number of hydrogen-bond donors (Lipinski definition) is 1. The average molecular weight is 302 g/mol. The smallest absolute Gasteiger partial charge is 0.124 e. The SMILES string of the molecule is CCNC(c1nc2c(s1)CCCC2)c1ccccc1OC. The number of aromatic nitrogens is 1. The van der Waals surface area contributed by atoms with Gasteiger partial charge >= 0.3 is 0 Å². The predicted molar refractivity (Wildman–Crippen MR) is 87.3 cm³/mol. The largest absolute Gasteiger partial charge is 0.496 e. The highest BCUT2D eigenvalue weighted by atomic mass is 32.1. The van der Waals surface area contributed by atoms with Gasteiger partial charge in [-0.25, -0.2) is 4.98 Å². The fourth-order valence-electron chi connectivity index (χ4n) is 2.93. The zero-order valence-electron chi connectivity index (χ0n) is 12.7. The third-order valence-electron chi connectivity index (χ3n) is 3.97. The van der Waals surface area contributed by atoms with E-state index in [1.54, 1.807) is 7.11 Å². The molecule has 3 rings (SSSR count). The summed E-state index contributed by atoms with van der Waals surface area (Å²) in [5.74, 6) is 0.927. The summed E-state index contributed by atoms with van der Waals surface area (Å²) in [5.41, 5.74) is 2.49. The number of methoxy groups -OCH3 is 1. The number of thiazole rings is 1. The zero-order chi connectivity index (χ0) is 14.7. The molecule has 0 amide bonds. The molecule has 0 spiro atoms. The number of para-hydroxylation sites is 1. The van der Waals surface area contributed by atoms with Crippen LogP contribution in [0.2, 0.25) is 0 Å². The molecule has 3 nitrogen and oxygen atoms in total. The van der Waals surface area contributed by atoms with Gasteiger partial charge in [-0.05, 0) is 38.3 Å². The first-order chi connectivity index (χ1) is 10.3. The number of fused-ring (bicyclic) bond motifs is 1. The van der Waals surface area contributed by atoms with E-state index in [0.717, 1.165) is 18.7 Å². The van der Waals surface area contributed by atoms with Crippen LogP contribution < -0.4 is 10.1 Å². The molecule has 0 saturated heterocycles. The summed E-state index contributed by atoms with van der Waals surface area (Å²) in [6, 6.07) is 8.36. The van der Waals surface area contributed by atoms with E-state index in [0.29, 0.717) is 0 Å². The maximum atomic E-state index is 5.53. The van der Waals surface area contributed by atoms with Gasteiger partial charge < -0.3 is 10.1 Å². The van der Waals surface area contributed by atoms with Crippen LogP contribution in [0.1, 0.15) is 46.9 Å². The lowest BCUT2D eigenvalue weighted by molar-refractivity contribution is 0.404. The minimum Gasteiger partial charge on any atom is -0.496 e. The van der Waals surface area contributed by atoms with E-state index in [2.05, 4.69) is 24.4 Å². The highest BCUT2D eigenvalue weighted by molar-refractivity contribution is 7.11. The monoisotopic (exact) mass is 302 g/mol.